The summed E-state index contributed by atoms with van der Waals surface area (Å²) in [5, 5.41) is 18.5. The second-order valence-electron chi connectivity index (χ2n) is 6.41. The number of carbonyl (C=O) groups excluding carboxylic acids is 1. The normalized spacial score (nSPS) is 11.8. The molecule has 1 aromatic heterocycles. The van der Waals surface area contributed by atoms with Gasteiger partial charge >= 0.3 is 5.97 Å². The minimum atomic E-state index is -0.767. The number of nitro groups is 1. The van der Waals surface area contributed by atoms with Crippen LogP contribution in [0, 0.1) is 10.1 Å². The van der Waals surface area contributed by atoms with Gasteiger partial charge in [0.2, 0.25) is 6.79 Å². The molecule has 3 aromatic rings. The van der Waals surface area contributed by atoms with Crippen molar-refractivity contribution in [2.24, 2.45) is 0 Å². The van der Waals surface area contributed by atoms with Gasteiger partial charge in [0.1, 0.15) is 11.3 Å². The van der Waals surface area contributed by atoms with E-state index in [1.807, 2.05) is 18.2 Å². The number of methoxy groups -OCH3 is 2. The number of aromatic nitrogens is 1. The van der Waals surface area contributed by atoms with Crippen LogP contribution in [0.25, 0.3) is 11.3 Å². The van der Waals surface area contributed by atoms with Crippen LogP contribution in [-0.2, 0) is 11.3 Å². The third kappa shape index (κ3) is 3.80. The van der Waals surface area contributed by atoms with Gasteiger partial charge in [0.15, 0.2) is 28.6 Å². The minimum Gasteiger partial charge on any atom is -0.497 e. The first-order valence-electron chi connectivity index (χ1n) is 9.05. The van der Waals surface area contributed by atoms with Crippen LogP contribution in [0.15, 0.2) is 40.9 Å². The maximum atomic E-state index is 12.5. The lowest BCUT2D eigenvalue weighted by molar-refractivity contribution is -0.384. The summed E-state index contributed by atoms with van der Waals surface area (Å²) in [7, 11) is 2.75. The molecule has 2 heterocycles. The van der Waals surface area contributed by atoms with Gasteiger partial charge in [-0.2, -0.15) is 0 Å². The molecule has 0 saturated carbocycles. The molecule has 1 N–H and O–H groups in total. The van der Waals surface area contributed by atoms with Gasteiger partial charge in [-0.05, 0) is 17.7 Å². The van der Waals surface area contributed by atoms with Crippen LogP contribution in [0.4, 0.5) is 11.5 Å². The molecular formula is C20H17N3O8. The fourth-order valence-electron chi connectivity index (χ4n) is 3.12. The van der Waals surface area contributed by atoms with E-state index in [1.54, 1.807) is 13.2 Å². The molecule has 160 valence electrons. The van der Waals surface area contributed by atoms with Crippen LogP contribution < -0.4 is 19.5 Å². The van der Waals surface area contributed by atoms with Crippen LogP contribution in [0.2, 0.25) is 0 Å². The Morgan fingerprint density at radius 1 is 1.23 bits per heavy atom. The predicted molar refractivity (Wildman–Crippen MR) is 106 cm³/mol. The number of hydrogen-bond donors (Lipinski definition) is 1. The van der Waals surface area contributed by atoms with Crippen molar-refractivity contribution >= 4 is 17.5 Å². The van der Waals surface area contributed by atoms with Crippen molar-refractivity contribution in [1.29, 1.82) is 0 Å². The molecule has 0 saturated heterocycles. The highest BCUT2D eigenvalue weighted by Gasteiger charge is 2.32. The van der Waals surface area contributed by atoms with Crippen molar-refractivity contribution in [3.05, 3.63) is 57.6 Å². The van der Waals surface area contributed by atoms with Gasteiger partial charge in [-0.25, -0.2) is 4.79 Å². The van der Waals surface area contributed by atoms with E-state index in [-0.39, 0.29) is 47.5 Å². The molecule has 0 radical (unpaired) electrons. The quantitative estimate of drug-likeness (QED) is 0.339. The zero-order chi connectivity index (χ0) is 22.0. The highest BCUT2D eigenvalue weighted by Crippen LogP contribution is 2.44. The van der Waals surface area contributed by atoms with Gasteiger partial charge in [0.25, 0.3) is 5.69 Å². The van der Waals surface area contributed by atoms with Gasteiger partial charge in [-0.3, -0.25) is 10.1 Å². The molecule has 11 heteroatoms. The topological polar surface area (TPSA) is 135 Å². The van der Waals surface area contributed by atoms with E-state index in [2.05, 4.69) is 10.5 Å². The number of hydrogen-bond acceptors (Lipinski definition) is 10. The number of esters is 1. The van der Waals surface area contributed by atoms with Gasteiger partial charge < -0.3 is 28.8 Å². The number of ether oxygens (including phenoxy) is 4. The van der Waals surface area contributed by atoms with Crippen LogP contribution in [0.5, 0.6) is 17.2 Å². The summed E-state index contributed by atoms with van der Waals surface area (Å²) in [5.74, 6) is 0.381. The fourth-order valence-corrected chi connectivity index (χ4v) is 3.12. The van der Waals surface area contributed by atoms with Crippen molar-refractivity contribution < 1.29 is 33.2 Å². The largest absolute Gasteiger partial charge is 0.497 e. The molecule has 0 aliphatic carbocycles. The minimum absolute atomic E-state index is 0.0107. The molecular weight excluding hydrogens is 410 g/mol. The van der Waals surface area contributed by atoms with E-state index in [4.69, 9.17) is 23.5 Å². The molecule has 0 bridgehead atoms. The zero-order valence-corrected chi connectivity index (χ0v) is 16.5. The number of nitrogens with zero attached hydrogens (tertiary/aromatic N) is 2. The summed E-state index contributed by atoms with van der Waals surface area (Å²) >= 11 is 0. The summed E-state index contributed by atoms with van der Waals surface area (Å²) in [6, 6.07) is 9.88. The monoisotopic (exact) mass is 427 g/mol. The van der Waals surface area contributed by atoms with Gasteiger partial charge in [-0.15, -0.1) is 0 Å². The van der Waals surface area contributed by atoms with E-state index < -0.39 is 10.9 Å². The first kappa shape index (κ1) is 20.0. The second kappa shape index (κ2) is 8.22. The number of benzene rings is 2. The highest BCUT2D eigenvalue weighted by molar-refractivity contribution is 6.01. The number of nitro benzene ring substituents is 1. The molecule has 0 atom stereocenters. The number of anilines is 1. The van der Waals surface area contributed by atoms with Crippen molar-refractivity contribution in [1.82, 2.24) is 5.16 Å². The lowest BCUT2D eigenvalue weighted by atomic mass is 10.1. The molecule has 0 spiro atoms. The first-order valence-corrected chi connectivity index (χ1v) is 9.05. The molecule has 0 amide bonds. The van der Waals surface area contributed by atoms with Crippen molar-refractivity contribution in [3.8, 4) is 28.6 Å². The number of fused-ring (bicyclic) bond motifs is 1. The van der Waals surface area contributed by atoms with E-state index >= 15 is 0 Å². The highest BCUT2D eigenvalue weighted by atomic mass is 16.7. The Balaban J connectivity index is 1.74. The maximum absolute atomic E-state index is 12.5. The van der Waals surface area contributed by atoms with E-state index in [0.29, 0.717) is 11.5 Å². The Bertz CT molecular complexity index is 1160. The van der Waals surface area contributed by atoms with Crippen molar-refractivity contribution in [3.63, 3.8) is 0 Å². The molecule has 0 fully saturated rings. The number of carbonyl (C=O) groups is 1. The zero-order valence-electron chi connectivity index (χ0n) is 16.5. The van der Waals surface area contributed by atoms with Crippen LogP contribution >= 0.6 is 0 Å². The van der Waals surface area contributed by atoms with Crippen LogP contribution in [0.1, 0.15) is 15.9 Å². The smallest absolute Gasteiger partial charge is 0.345 e. The summed E-state index contributed by atoms with van der Waals surface area (Å²) in [6.07, 6.45) is 0. The molecule has 2 aromatic carbocycles. The Labute approximate surface area is 175 Å². The second-order valence-corrected chi connectivity index (χ2v) is 6.41. The standard InChI is InChI=1S/C20H17N3O8/c1-27-12-5-3-4-11(6-12)9-21-19-17(20(24)28-2)18(31-22-19)13-7-15-16(30-10-29-15)8-14(13)23(25)26/h3-8H,9-10H2,1-2H3,(H,21,22). The number of rotatable bonds is 7. The summed E-state index contributed by atoms with van der Waals surface area (Å²) in [4.78, 5) is 23.5. The summed E-state index contributed by atoms with van der Waals surface area (Å²) < 4.78 is 25.9. The maximum Gasteiger partial charge on any atom is 0.345 e. The molecule has 1 aliphatic heterocycles. The van der Waals surface area contributed by atoms with Gasteiger partial charge in [-0.1, -0.05) is 17.3 Å². The van der Waals surface area contributed by atoms with Crippen LogP contribution in [-0.4, -0.2) is 37.1 Å². The molecule has 11 nitrogen and oxygen atoms in total. The number of nitrogens with one attached hydrogen (secondary N) is 1. The Kier molecular flexibility index (Phi) is 5.31. The van der Waals surface area contributed by atoms with E-state index in [0.717, 1.165) is 5.56 Å². The Morgan fingerprint density at radius 3 is 2.71 bits per heavy atom. The Hall–Kier alpha value is -4.28. The van der Waals surface area contributed by atoms with Gasteiger partial charge in [0, 0.05) is 12.6 Å². The third-order valence-electron chi connectivity index (χ3n) is 4.61. The molecule has 1 aliphatic rings. The average Bonchev–Trinajstić information content (AvgIpc) is 3.42. The fraction of sp³-hybridized carbons (Fsp3) is 0.200. The van der Waals surface area contributed by atoms with E-state index in [9.17, 15) is 14.9 Å². The van der Waals surface area contributed by atoms with Gasteiger partial charge in [0.05, 0.1) is 25.2 Å². The molecule has 31 heavy (non-hydrogen) atoms. The van der Waals surface area contributed by atoms with E-state index in [1.165, 1.54) is 19.2 Å². The van der Waals surface area contributed by atoms with Crippen molar-refractivity contribution in [2.45, 2.75) is 6.54 Å². The summed E-state index contributed by atoms with van der Waals surface area (Å²) in [6.45, 7) is 0.222. The summed E-state index contributed by atoms with van der Waals surface area (Å²) in [5.41, 5.74) is 0.461. The average molecular weight is 427 g/mol. The van der Waals surface area contributed by atoms with Crippen LogP contribution in [0.3, 0.4) is 0 Å². The lowest BCUT2D eigenvalue weighted by Gasteiger charge is -2.07. The lowest BCUT2D eigenvalue weighted by Crippen LogP contribution is -2.08. The predicted octanol–water partition coefficient (Wildman–Crippen LogP) is 3.39. The SMILES string of the molecule is COC(=O)c1c(NCc2cccc(OC)c2)noc1-c1cc2c(cc1[N+](=O)[O-])OCO2. The first-order chi connectivity index (χ1) is 15.0. The third-order valence-corrected chi connectivity index (χ3v) is 4.61. The van der Waals surface area contributed by atoms with Crippen molar-refractivity contribution in [2.75, 3.05) is 26.3 Å². The Morgan fingerprint density at radius 2 is 2.00 bits per heavy atom. The molecule has 0 unspecified atom stereocenters. The molecule has 4 rings (SSSR count).